The fourth-order valence-corrected chi connectivity index (χ4v) is 2.61. The second kappa shape index (κ2) is 7.57. The lowest BCUT2D eigenvalue weighted by atomic mass is 10.1. The summed E-state index contributed by atoms with van der Waals surface area (Å²) in [6.07, 6.45) is 0. The van der Waals surface area contributed by atoms with Crippen molar-refractivity contribution >= 4 is 33.4 Å². The van der Waals surface area contributed by atoms with Crippen LogP contribution in [0, 0.1) is 5.82 Å². The van der Waals surface area contributed by atoms with Gasteiger partial charge in [0.25, 0.3) is 5.91 Å². The molecule has 5 heteroatoms. The number of benzene rings is 2. The van der Waals surface area contributed by atoms with Crippen LogP contribution < -0.4 is 0 Å². The molecule has 110 valence electrons. The molecule has 0 atom stereocenters. The average molecular weight is 371 g/mol. The maximum Gasteiger partial charge on any atom is 0.255 e. The van der Waals surface area contributed by atoms with Crippen LogP contribution in [0.4, 0.5) is 4.39 Å². The van der Waals surface area contributed by atoms with Crippen molar-refractivity contribution in [2.24, 2.45) is 0 Å². The Balaban J connectivity index is 2.25. The highest BCUT2D eigenvalue weighted by molar-refractivity contribution is 9.10. The van der Waals surface area contributed by atoms with Gasteiger partial charge in [-0.1, -0.05) is 30.3 Å². The van der Waals surface area contributed by atoms with Crippen molar-refractivity contribution < 1.29 is 9.18 Å². The molecule has 0 saturated carbocycles. The molecule has 0 spiro atoms. The predicted molar refractivity (Wildman–Crippen MR) is 86.0 cm³/mol. The highest BCUT2D eigenvalue weighted by Gasteiger charge is 2.18. The molecule has 21 heavy (non-hydrogen) atoms. The minimum Gasteiger partial charge on any atom is -0.333 e. The molecule has 2 aromatic carbocycles. The second-order valence-corrected chi connectivity index (χ2v) is 5.76. The van der Waals surface area contributed by atoms with Crippen LogP contribution in [0.5, 0.6) is 0 Å². The molecule has 0 heterocycles. The third-order valence-electron chi connectivity index (χ3n) is 3.02. The van der Waals surface area contributed by atoms with Crippen molar-refractivity contribution in [3.05, 3.63) is 69.9 Å². The van der Waals surface area contributed by atoms with Gasteiger partial charge in [0.05, 0.1) is 5.56 Å². The number of carbonyl (C=O) groups is 1. The first-order chi connectivity index (χ1) is 10.1. The van der Waals surface area contributed by atoms with Crippen LogP contribution >= 0.6 is 27.5 Å². The molecular formula is C16H14BrClFNO. The zero-order valence-corrected chi connectivity index (χ0v) is 13.6. The van der Waals surface area contributed by atoms with Gasteiger partial charge < -0.3 is 4.90 Å². The zero-order chi connectivity index (χ0) is 15.2. The standard InChI is InChI=1S/C16H14BrClFNO/c17-15-7-6-13(19)10-14(15)16(21)20(9-8-18)11-12-4-2-1-3-5-12/h1-7,10H,8-9,11H2. The molecule has 0 unspecified atom stereocenters. The molecule has 2 nitrogen and oxygen atoms in total. The number of alkyl halides is 1. The molecule has 0 saturated heterocycles. The first kappa shape index (κ1) is 16.0. The average Bonchev–Trinajstić information content (AvgIpc) is 2.49. The molecule has 0 aliphatic carbocycles. The van der Waals surface area contributed by atoms with Crippen molar-refractivity contribution in [2.45, 2.75) is 6.54 Å². The van der Waals surface area contributed by atoms with E-state index in [-0.39, 0.29) is 5.91 Å². The van der Waals surface area contributed by atoms with E-state index in [1.807, 2.05) is 30.3 Å². The van der Waals surface area contributed by atoms with Crippen molar-refractivity contribution in [3.63, 3.8) is 0 Å². The molecule has 0 bridgehead atoms. The highest BCUT2D eigenvalue weighted by atomic mass is 79.9. The van der Waals surface area contributed by atoms with Crippen molar-refractivity contribution in [1.29, 1.82) is 0 Å². The third-order valence-corrected chi connectivity index (χ3v) is 3.88. The maximum atomic E-state index is 13.4. The van der Waals surface area contributed by atoms with E-state index < -0.39 is 5.82 Å². The Hall–Kier alpha value is -1.39. The van der Waals surface area contributed by atoms with Crippen LogP contribution in [0.3, 0.4) is 0 Å². The van der Waals surface area contributed by atoms with E-state index in [4.69, 9.17) is 11.6 Å². The molecular weight excluding hydrogens is 357 g/mol. The van der Waals surface area contributed by atoms with E-state index in [2.05, 4.69) is 15.9 Å². The van der Waals surface area contributed by atoms with Crippen molar-refractivity contribution in [2.75, 3.05) is 12.4 Å². The van der Waals surface area contributed by atoms with Crippen LogP contribution in [-0.4, -0.2) is 23.2 Å². The summed E-state index contributed by atoms with van der Waals surface area (Å²) >= 11 is 9.07. The lowest BCUT2D eigenvalue weighted by Gasteiger charge is -2.22. The normalized spacial score (nSPS) is 10.4. The van der Waals surface area contributed by atoms with E-state index in [0.717, 1.165) is 5.56 Å². The van der Waals surface area contributed by atoms with Gasteiger partial charge in [-0.15, -0.1) is 11.6 Å². The Morgan fingerprint density at radius 2 is 1.90 bits per heavy atom. The van der Waals surface area contributed by atoms with E-state index in [1.54, 1.807) is 4.90 Å². The first-order valence-electron chi connectivity index (χ1n) is 6.46. The monoisotopic (exact) mass is 369 g/mol. The summed E-state index contributed by atoms with van der Waals surface area (Å²) in [4.78, 5) is 14.2. The Morgan fingerprint density at radius 1 is 1.19 bits per heavy atom. The zero-order valence-electron chi connectivity index (χ0n) is 11.2. The summed E-state index contributed by atoms with van der Waals surface area (Å²) in [6, 6.07) is 13.7. The van der Waals surface area contributed by atoms with E-state index in [1.165, 1.54) is 18.2 Å². The number of amides is 1. The van der Waals surface area contributed by atoms with E-state index in [0.29, 0.717) is 29.0 Å². The summed E-state index contributed by atoms with van der Waals surface area (Å²) in [7, 11) is 0. The van der Waals surface area contributed by atoms with Gasteiger partial charge in [-0.2, -0.15) is 0 Å². The number of hydrogen-bond acceptors (Lipinski definition) is 1. The minimum atomic E-state index is -0.438. The van der Waals surface area contributed by atoms with Gasteiger partial charge in [-0.3, -0.25) is 4.79 Å². The van der Waals surface area contributed by atoms with Crippen LogP contribution in [-0.2, 0) is 6.54 Å². The van der Waals surface area contributed by atoms with Crippen molar-refractivity contribution in [3.8, 4) is 0 Å². The largest absolute Gasteiger partial charge is 0.333 e. The van der Waals surface area contributed by atoms with Gasteiger partial charge in [0.15, 0.2) is 0 Å². The van der Waals surface area contributed by atoms with Crippen molar-refractivity contribution in [1.82, 2.24) is 4.90 Å². The molecule has 0 aliphatic heterocycles. The summed E-state index contributed by atoms with van der Waals surface area (Å²) in [6.45, 7) is 0.841. The van der Waals surface area contributed by atoms with E-state index >= 15 is 0 Å². The SMILES string of the molecule is O=C(c1cc(F)ccc1Br)N(CCCl)Cc1ccccc1. The number of nitrogens with zero attached hydrogens (tertiary/aromatic N) is 1. The number of halogens is 3. The van der Waals surface area contributed by atoms with E-state index in [9.17, 15) is 9.18 Å². The van der Waals surface area contributed by atoms with Gasteiger partial charge in [0.2, 0.25) is 0 Å². The van der Waals surface area contributed by atoms with Crippen LogP contribution in [0.2, 0.25) is 0 Å². The molecule has 0 fully saturated rings. The fourth-order valence-electron chi connectivity index (χ4n) is 1.99. The Labute approximate surface area is 136 Å². The van der Waals surface area contributed by atoms with Crippen LogP contribution in [0.25, 0.3) is 0 Å². The quantitative estimate of drug-likeness (QED) is 0.711. The first-order valence-corrected chi connectivity index (χ1v) is 7.79. The highest BCUT2D eigenvalue weighted by Crippen LogP contribution is 2.20. The second-order valence-electron chi connectivity index (χ2n) is 4.53. The number of carbonyl (C=O) groups excluding carboxylic acids is 1. The van der Waals surface area contributed by atoms with Gasteiger partial charge in [-0.05, 0) is 39.7 Å². The third kappa shape index (κ3) is 4.29. The molecule has 1 amide bonds. The van der Waals surface area contributed by atoms with Gasteiger partial charge in [-0.25, -0.2) is 4.39 Å². The van der Waals surface area contributed by atoms with Gasteiger partial charge in [0, 0.05) is 23.4 Å². The Bertz CT molecular complexity index is 621. The molecule has 0 radical (unpaired) electrons. The fraction of sp³-hybridized carbons (Fsp3) is 0.188. The maximum absolute atomic E-state index is 13.4. The lowest BCUT2D eigenvalue weighted by molar-refractivity contribution is 0.0752. The predicted octanol–water partition coefficient (Wildman–Crippen LogP) is 4.47. The number of rotatable bonds is 5. The van der Waals surface area contributed by atoms with Crippen LogP contribution in [0.1, 0.15) is 15.9 Å². The lowest BCUT2D eigenvalue weighted by Crippen LogP contribution is -2.32. The summed E-state index contributed by atoms with van der Waals surface area (Å²) in [5, 5.41) is 0. The molecule has 2 aromatic rings. The summed E-state index contributed by atoms with van der Waals surface area (Å²) in [5.41, 5.74) is 1.31. The smallest absolute Gasteiger partial charge is 0.255 e. The Morgan fingerprint density at radius 3 is 2.57 bits per heavy atom. The van der Waals surface area contributed by atoms with Gasteiger partial charge >= 0.3 is 0 Å². The Kier molecular flexibility index (Phi) is 5.76. The summed E-state index contributed by atoms with van der Waals surface area (Å²) < 4.78 is 13.9. The molecule has 0 aromatic heterocycles. The molecule has 2 rings (SSSR count). The van der Waals surface area contributed by atoms with Gasteiger partial charge in [0.1, 0.15) is 5.82 Å². The summed E-state index contributed by atoms with van der Waals surface area (Å²) in [5.74, 6) is -0.358. The van der Waals surface area contributed by atoms with Crippen LogP contribution in [0.15, 0.2) is 53.0 Å². The topological polar surface area (TPSA) is 20.3 Å². The molecule has 0 aliphatic rings. The minimum absolute atomic E-state index is 0.245. The molecule has 0 N–H and O–H groups in total. The number of hydrogen-bond donors (Lipinski definition) is 0.